The molecule has 3 heterocycles. The summed E-state index contributed by atoms with van der Waals surface area (Å²) in [5.41, 5.74) is 6.29. The van der Waals surface area contributed by atoms with E-state index in [0.717, 1.165) is 10.6 Å². The number of carbonyl (C=O) groups is 2. The monoisotopic (exact) mass is 636 g/mol. The molecule has 2 amide bonds. The molecule has 0 unspecified atom stereocenters. The molecule has 0 atom stereocenters. The van der Waals surface area contributed by atoms with Crippen LogP contribution in [0.1, 0.15) is 15.9 Å². The first kappa shape index (κ1) is 30.8. The maximum Gasteiger partial charge on any atom is 0.433 e. The Bertz CT molecular complexity index is 1950. The normalized spacial score (nSPS) is 14.1. The van der Waals surface area contributed by atoms with E-state index in [1.165, 1.54) is 35.9 Å². The molecule has 11 nitrogen and oxygen atoms in total. The molecular weight excluding hydrogens is 604 g/mol. The molecule has 1 N–H and O–H groups in total. The van der Waals surface area contributed by atoms with Crippen LogP contribution >= 0.6 is 0 Å². The molecular formula is C34H32N6O5S. The Kier molecular flexibility index (Phi) is 9.01. The van der Waals surface area contributed by atoms with Crippen molar-refractivity contribution >= 4 is 38.6 Å². The number of para-hydroxylation sites is 2. The zero-order valence-electron chi connectivity index (χ0n) is 25.1. The number of nitrogens with zero attached hydrogens (tertiary/aromatic N) is 5. The molecule has 0 aliphatic carbocycles. The lowest BCUT2D eigenvalue weighted by atomic mass is 9.95. The minimum Gasteiger partial charge on any atom is -0.451 e. The van der Waals surface area contributed by atoms with Crippen molar-refractivity contribution in [3.8, 4) is 11.3 Å². The predicted molar refractivity (Wildman–Crippen MR) is 174 cm³/mol. The van der Waals surface area contributed by atoms with Crippen LogP contribution in [0, 0.1) is 0 Å². The highest BCUT2D eigenvalue weighted by Gasteiger charge is 2.31. The summed E-state index contributed by atoms with van der Waals surface area (Å²) in [6.45, 7) is 1.74. The quantitative estimate of drug-likeness (QED) is 0.255. The number of anilines is 1. The van der Waals surface area contributed by atoms with Gasteiger partial charge in [0.05, 0.1) is 34.5 Å². The van der Waals surface area contributed by atoms with Gasteiger partial charge in [0, 0.05) is 61.6 Å². The van der Waals surface area contributed by atoms with Crippen LogP contribution in [0.4, 0.5) is 10.5 Å². The molecule has 1 fully saturated rings. The third-order valence-electron chi connectivity index (χ3n) is 7.85. The van der Waals surface area contributed by atoms with Gasteiger partial charge in [-0.1, -0.05) is 66.7 Å². The summed E-state index contributed by atoms with van der Waals surface area (Å²) in [5, 5.41) is 1.69. The smallest absolute Gasteiger partial charge is 0.433 e. The standard InChI is InChI=1S/C34H32N6O5S/c1-45-34(42)40(26-12-6-3-7-13-26)37-33(41)31-28-14-8-9-15-30(28)36-32(25-10-4-2-5-11-25)29(31)24-38-20-22-39(23-21-38)46(43,44)27-16-18-35-19-17-27/h2-19H,20-24H2,1H3,(H,37,41). The number of benzene rings is 3. The number of fused-ring (bicyclic) bond motifs is 1. The number of amides is 2. The second kappa shape index (κ2) is 13.4. The van der Waals surface area contributed by atoms with Crippen molar-refractivity contribution in [1.29, 1.82) is 0 Å². The van der Waals surface area contributed by atoms with E-state index in [2.05, 4.69) is 15.3 Å². The molecule has 0 spiro atoms. The number of hydrazine groups is 1. The van der Waals surface area contributed by atoms with E-state index in [4.69, 9.17) is 9.72 Å². The number of carbonyl (C=O) groups excluding carboxylic acids is 2. The third-order valence-corrected chi connectivity index (χ3v) is 9.77. The van der Waals surface area contributed by atoms with Crippen molar-refractivity contribution in [2.45, 2.75) is 11.4 Å². The minimum absolute atomic E-state index is 0.202. The van der Waals surface area contributed by atoms with Gasteiger partial charge in [-0.2, -0.15) is 9.31 Å². The third kappa shape index (κ3) is 6.31. The number of methoxy groups -OCH3 is 1. The summed E-state index contributed by atoms with van der Waals surface area (Å²) >= 11 is 0. The molecule has 12 heteroatoms. The van der Waals surface area contributed by atoms with Gasteiger partial charge in [-0.15, -0.1) is 0 Å². The molecule has 2 aromatic heterocycles. The Morgan fingerprint density at radius 3 is 2.15 bits per heavy atom. The zero-order chi connectivity index (χ0) is 32.1. The number of piperazine rings is 1. The summed E-state index contributed by atoms with van der Waals surface area (Å²) in [6, 6.07) is 28.7. The Hall–Kier alpha value is -5.17. The first-order valence-electron chi connectivity index (χ1n) is 14.7. The van der Waals surface area contributed by atoms with E-state index in [0.29, 0.717) is 53.0 Å². The van der Waals surface area contributed by atoms with Gasteiger partial charge in [-0.3, -0.25) is 20.1 Å². The number of nitrogens with one attached hydrogen (secondary N) is 1. The van der Waals surface area contributed by atoms with Gasteiger partial charge in [-0.05, 0) is 30.3 Å². The largest absolute Gasteiger partial charge is 0.451 e. The lowest BCUT2D eigenvalue weighted by Crippen LogP contribution is -2.49. The van der Waals surface area contributed by atoms with E-state index in [1.54, 1.807) is 24.3 Å². The summed E-state index contributed by atoms with van der Waals surface area (Å²) in [6.07, 6.45) is 2.17. The molecule has 0 radical (unpaired) electrons. The highest BCUT2D eigenvalue weighted by Crippen LogP contribution is 2.32. The summed E-state index contributed by atoms with van der Waals surface area (Å²) in [4.78, 5) is 38.5. The molecule has 0 bridgehead atoms. The van der Waals surface area contributed by atoms with Crippen molar-refractivity contribution in [2.75, 3.05) is 38.3 Å². The van der Waals surface area contributed by atoms with E-state index in [-0.39, 0.29) is 18.0 Å². The van der Waals surface area contributed by atoms with Crippen LogP contribution in [0.3, 0.4) is 0 Å². The first-order chi connectivity index (χ1) is 22.4. The van der Waals surface area contributed by atoms with Crippen LogP contribution in [-0.2, 0) is 21.3 Å². The second-order valence-electron chi connectivity index (χ2n) is 10.6. The molecule has 1 saturated heterocycles. The van der Waals surface area contributed by atoms with Crippen LogP contribution in [0.15, 0.2) is 114 Å². The Labute approximate surface area is 267 Å². The van der Waals surface area contributed by atoms with Crippen molar-refractivity contribution in [3.05, 3.63) is 121 Å². The average molecular weight is 637 g/mol. The Balaban J connectivity index is 1.39. The second-order valence-corrected chi connectivity index (χ2v) is 12.6. The number of hydrogen-bond acceptors (Lipinski definition) is 8. The molecule has 0 saturated carbocycles. The lowest BCUT2D eigenvalue weighted by molar-refractivity contribution is 0.0940. The fourth-order valence-electron chi connectivity index (χ4n) is 5.55. The maximum absolute atomic E-state index is 14.3. The lowest BCUT2D eigenvalue weighted by Gasteiger charge is -2.34. The Morgan fingerprint density at radius 2 is 1.48 bits per heavy atom. The van der Waals surface area contributed by atoms with E-state index in [9.17, 15) is 18.0 Å². The molecule has 5 aromatic rings. The first-order valence-corrected chi connectivity index (χ1v) is 16.1. The highest BCUT2D eigenvalue weighted by atomic mass is 32.2. The number of pyridine rings is 2. The summed E-state index contributed by atoms with van der Waals surface area (Å²) in [7, 11) is -2.42. The van der Waals surface area contributed by atoms with Gasteiger partial charge < -0.3 is 4.74 Å². The van der Waals surface area contributed by atoms with Crippen LogP contribution in [0.2, 0.25) is 0 Å². The van der Waals surface area contributed by atoms with Gasteiger partial charge in [0.1, 0.15) is 0 Å². The van der Waals surface area contributed by atoms with Crippen molar-refractivity contribution in [2.24, 2.45) is 0 Å². The van der Waals surface area contributed by atoms with Gasteiger partial charge in [0.2, 0.25) is 10.0 Å². The highest BCUT2D eigenvalue weighted by molar-refractivity contribution is 7.89. The SMILES string of the molecule is COC(=O)N(NC(=O)c1c(CN2CCN(S(=O)(=O)c3ccncc3)CC2)c(-c2ccccc2)nc2ccccc12)c1ccccc1. The van der Waals surface area contributed by atoms with Gasteiger partial charge >= 0.3 is 6.09 Å². The number of aromatic nitrogens is 2. The Morgan fingerprint density at radius 1 is 0.848 bits per heavy atom. The maximum atomic E-state index is 14.3. The molecule has 234 valence electrons. The number of hydrogen-bond donors (Lipinski definition) is 1. The molecule has 3 aromatic carbocycles. The number of rotatable bonds is 7. The van der Waals surface area contributed by atoms with Crippen molar-refractivity contribution in [1.82, 2.24) is 24.6 Å². The summed E-state index contributed by atoms with van der Waals surface area (Å²) in [5.74, 6) is -0.515. The van der Waals surface area contributed by atoms with Crippen molar-refractivity contribution in [3.63, 3.8) is 0 Å². The molecule has 46 heavy (non-hydrogen) atoms. The fourth-order valence-corrected chi connectivity index (χ4v) is 6.96. The predicted octanol–water partition coefficient (Wildman–Crippen LogP) is 4.72. The van der Waals surface area contributed by atoms with Crippen LogP contribution < -0.4 is 10.4 Å². The minimum atomic E-state index is -3.67. The topological polar surface area (TPSA) is 125 Å². The van der Waals surface area contributed by atoms with Gasteiger partial charge in [-0.25, -0.2) is 18.2 Å². The van der Waals surface area contributed by atoms with E-state index >= 15 is 0 Å². The van der Waals surface area contributed by atoms with E-state index < -0.39 is 22.0 Å². The van der Waals surface area contributed by atoms with Crippen LogP contribution in [-0.4, -0.2) is 72.9 Å². The average Bonchev–Trinajstić information content (AvgIpc) is 3.11. The molecule has 1 aliphatic heterocycles. The van der Waals surface area contributed by atoms with Crippen molar-refractivity contribution < 1.29 is 22.7 Å². The fraction of sp³-hybridized carbons (Fsp3) is 0.176. The number of ether oxygens (including phenoxy) is 1. The molecule has 6 rings (SSSR count). The van der Waals surface area contributed by atoms with Gasteiger partial charge in [0.25, 0.3) is 5.91 Å². The number of sulfonamides is 1. The van der Waals surface area contributed by atoms with Crippen LogP contribution in [0.5, 0.6) is 0 Å². The van der Waals surface area contributed by atoms with Gasteiger partial charge in [0.15, 0.2) is 0 Å². The van der Waals surface area contributed by atoms with Crippen LogP contribution in [0.25, 0.3) is 22.2 Å². The zero-order valence-corrected chi connectivity index (χ0v) is 25.9. The molecule has 1 aliphatic rings. The summed E-state index contributed by atoms with van der Waals surface area (Å²) < 4.78 is 33.0. The van der Waals surface area contributed by atoms with E-state index in [1.807, 2.05) is 60.7 Å².